The van der Waals surface area contributed by atoms with Crippen molar-refractivity contribution in [1.82, 2.24) is 4.98 Å². The van der Waals surface area contributed by atoms with Crippen LogP contribution < -0.4 is 5.73 Å². The number of pyridine rings is 1. The Morgan fingerprint density at radius 1 is 1.05 bits per heavy atom. The van der Waals surface area contributed by atoms with Crippen molar-refractivity contribution < 1.29 is 0 Å². The minimum Gasteiger partial charge on any atom is -0.320 e. The van der Waals surface area contributed by atoms with Crippen molar-refractivity contribution in [3.05, 3.63) is 59.3 Å². The molecule has 1 aromatic carbocycles. The summed E-state index contributed by atoms with van der Waals surface area (Å²) in [6, 6.07) is 14.4. The molecule has 22 heavy (non-hydrogen) atoms. The molecular weight excluding hydrogens is 288 g/mol. The van der Waals surface area contributed by atoms with Crippen LogP contribution in [0.5, 0.6) is 0 Å². The molecule has 0 radical (unpaired) electrons. The monoisotopic (exact) mass is 312 g/mol. The molecule has 1 heterocycles. The first-order chi connectivity index (χ1) is 10.7. The highest BCUT2D eigenvalue weighted by Crippen LogP contribution is 2.33. The maximum absolute atomic E-state index is 6.40. The quantitative estimate of drug-likeness (QED) is 0.876. The number of rotatable bonds is 4. The van der Waals surface area contributed by atoms with Gasteiger partial charge in [-0.2, -0.15) is 0 Å². The van der Waals surface area contributed by atoms with E-state index in [-0.39, 0.29) is 6.04 Å². The van der Waals surface area contributed by atoms with Crippen LogP contribution in [0.2, 0.25) is 0 Å². The van der Waals surface area contributed by atoms with Crippen LogP contribution in [-0.2, 0) is 0 Å². The lowest BCUT2D eigenvalue weighted by Gasteiger charge is -2.21. The smallest absolute Gasteiger partial charge is 0.0965 e. The van der Waals surface area contributed by atoms with Gasteiger partial charge < -0.3 is 5.73 Å². The number of nitrogens with two attached hydrogens (primary N) is 1. The van der Waals surface area contributed by atoms with Crippen LogP contribution in [0.25, 0.3) is 0 Å². The fourth-order valence-corrected chi connectivity index (χ4v) is 4.38. The highest BCUT2D eigenvalue weighted by Gasteiger charge is 2.17. The zero-order chi connectivity index (χ0) is 15.4. The normalized spacial score (nSPS) is 17.4. The molecular formula is C19H24N2S. The molecule has 1 saturated carbocycles. The first-order valence-electron chi connectivity index (χ1n) is 8.19. The van der Waals surface area contributed by atoms with Gasteiger partial charge >= 0.3 is 0 Å². The third kappa shape index (κ3) is 3.71. The molecule has 1 aliphatic carbocycles. The second-order valence-corrected chi connectivity index (χ2v) is 7.41. The molecule has 3 rings (SSSR count). The average molecular weight is 312 g/mol. The van der Waals surface area contributed by atoms with Gasteiger partial charge in [0.2, 0.25) is 0 Å². The summed E-state index contributed by atoms with van der Waals surface area (Å²) in [6.45, 7) is 2.07. The van der Waals surface area contributed by atoms with Gasteiger partial charge in [0.15, 0.2) is 0 Å². The number of thioether (sulfide) groups is 1. The molecule has 1 aliphatic rings. The highest BCUT2D eigenvalue weighted by molar-refractivity contribution is 7.99. The maximum Gasteiger partial charge on any atom is 0.0965 e. The standard InChI is InChI=1S/C19H24N2S/c1-14-17(19(20)15-8-4-2-5-9-15)12-13-18(21-14)22-16-10-6-3-7-11-16/h2,4-5,8-9,12-13,16,19H,3,6-7,10-11,20H2,1H3. The minimum atomic E-state index is -0.0950. The van der Waals surface area contributed by atoms with Gasteiger partial charge in [0.1, 0.15) is 0 Å². The van der Waals surface area contributed by atoms with Crippen molar-refractivity contribution in [3.8, 4) is 0 Å². The Kier molecular flexibility index (Phi) is 5.16. The molecule has 1 aromatic heterocycles. The van der Waals surface area contributed by atoms with E-state index >= 15 is 0 Å². The van der Waals surface area contributed by atoms with Crippen molar-refractivity contribution in [3.63, 3.8) is 0 Å². The van der Waals surface area contributed by atoms with Gasteiger partial charge in [-0.3, -0.25) is 0 Å². The molecule has 2 aromatic rings. The predicted octanol–water partition coefficient (Wildman–Crippen LogP) is 4.86. The number of aryl methyl sites for hydroxylation is 1. The van der Waals surface area contributed by atoms with Gasteiger partial charge in [0.05, 0.1) is 11.1 Å². The summed E-state index contributed by atoms with van der Waals surface area (Å²) < 4.78 is 0. The fourth-order valence-electron chi connectivity index (χ4n) is 3.14. The van der Waals surface area contributed by atoms with Gasteiger partial charge in [-0.1, -0.05) is 55.7 Å². The molecule has 1 atom stereocenters. The van der Waals surface area contributed by atoms with E-state index < -0.39 is 0 Å². The van der Waals surface area contributed by atoms with Crippen LogP contribution in [0.3, 0.4) is 0 Å². The summed E-state index contributed by atoms with van der Waals surface area (Å²) >= 11 is 1.94. The Labute approximate surface area is 137 Å². The van der Waals surface area contributed by atoms with Crippen LogP contribution in [0.1, 0.15) is 55.0 Å². The highest BCUT2D eigenvalue weighted by atomic mass is 32.2. The Morgan fingerprint density at radius 2 is 1.77 bits per heavy atom. The van der Waals surface area contributed by atoms with Gasteiger partial charge in [-0.15, -0.1) is 11.8 Å². The number of nitrogens with zero attached hydrogens (tertiary/aromatic N) is 1. The summed E-state index contributed by atoms with van der Waals surface area (Å²) in [4.78, 5) is 4.80. The second kappa shape index (κ2) is 7.30. The van der Waals surface area contributed by atoms with E-state index in [1.54, 1.807) is 0 Å². The average Bonchev–Trinajstić information content (AvgIpc) is 2.56. The summed E-state index contributed by atoms with van der Waals surface area (Å²) in [5.41, 5.74) is 9.72. The van der Waals surface area contributed by atoms with E-state index in [0.717, 1.165) is 27.1 Å². The van der Waals surface area contributed by atoms with Crippen LogP contribution in [0, 0.1) is 6.92 Å². The number of aromatic nitrogens is 1. The topological polar surface area (TPSA) is 38.9 Å². The van der Waals surface area contributed by atoms with Crippen LogP contribution in [-0.4, -0.2) is 10.2 Å². The Balaban J connectivity index is 1.74. The second-order valence-electron chi connectivity index (χ2n) is 6.09. The zero-order valence-electron chi connectivity index (χ0n) is 13.2. The van der Waals surface area contributed by atoms with Crippen LogP contribution in [0.15, 0.2) is 47.5 Å². The van der Waals surface area contributed by atoms with Gasteiger partial charge in [-0.05, 0) is 37.0 Å². The molecule has 0 saturated heterocycles. The lowest BCUT2D eigenvalue weighted by molar-refractivity contribution is 0.515. The van der Waals surface area contributed by atoms with E-state index in [9.17, 15) is 0 Å². The zero-order valence-corrected chi connectivity index (χ0v) is 14.0. The van der Waals surface area contributed by atoms with E-state index in [0.29, 0.717) is 0 Å². The van der Waals surface area contributed by atoms with Gasteiger partial charge in [-0.25, -0.2) is 4.98 Å². The predicted molar refractivity (Wildman–Crippen MR) is 94.2 cm³/mol. The maximum atomic E-state index is 6.40. The largest absolute Gasteiger partial charge is 0.320 e. The summed E-state index contributed by atoms with van der Waals surface area (Å²) in [5, 5.41) is 1.89. The summed E-state index contributed by atoms with van der Waals surface area (Å²) in [5.74, 6) is 0. The minimum absolute atomic E-state index is 0.0950. The van der Waals surface area contributed by atoms with Crippen molar-refractivity contribution in [1.29, 1.82) is 0 Å². The van der Waals surface area contributed by atoms with E-state index in [4.69, 9.17) is 10.7 Å². The third-order valence-corrected chi connectivity index (χ3v) is 5.71. The third-order valence-electron chi connectivity index (χ3n) is 4.43. The summed E-state index contributed by atoms with van der Waals surface area (Å²) in [6.07, 6.45) is 6.79. The first kappa shape index (κ1) is 15.6. The van der Waals surface area contributed by atoms with Crippen LogP contribution in [0.4, 0.5) is 0 Å². The SMILES string of the molecule is Cc1nc(SC2CCCCC2)ccc1C(N)c1ccccc1. The van der Waals surface area contributed by atoms with Crippen molar-refractivity contribution in [2.45, 2.75) is 55.3 Å². The molecule has 0 spiro atoms. The van der Waals surface area contributed by atoms with Crippen LogP contribution >= 0.6 is 11.8 Å². The molecule has 0 aliphatic heterocycles. The molecule has 0 amide bonds. The van der Waals surface area contributed by atoms with Gasteiger partial charge in [0, 0.05) is 10.9 Å². The van der Waals surface area contributed by atoms with Gasteiger partial charge in [0.25, 0.3) is 0 Å². The molecule has 1 unspecified atom stereocenters. The number of hydrogen-bond donors (Lipinski definition) is 1. The molecule has 1 fully saturated rings. The molecule has 3 heteroatoms. The number of benzene rings is 1. The lowest BCUT2D eigenvalue weighted by Crippen LogP contribution is -2.14. The Morgan fingerprint density at radius 3 is 2.45 bits per heavy atom. The molecule has 0 bridgehead atoms. The Bertz CT molecular complexity index is 606. The first-order valence-corrected chi connectivity index (χ1v) is 9.07. The van der Waals surface area contributed by atoms with Crippen molar-refractivity contribution >= 4 is 11.8 Å². The van der Waals surface area contributed by atoms with E-state index in [1.165, 1.54) is 32.1 Å². The molecule has 2 nitrogen and oxygen atoms in total. The van der Waals surface area contributed by atoms with Crippen molar-refractivity contribution in [2.24, 2.45) is 5.73 Å². The number of hydrogen-bond acceptors (Lipinski definition) is 3. The van der Waals surface area contributed by atoms with E-state index in [1.807, 2.05) is 30.0 Å². The summed E-state index contributed by atoms with van der Waals surface area (Å²) in [7, 11) is 0. The van der Waals surface area contributed by atoms with E-state index in [2.05, 4.69) is 31.2 Å². The molecule has 2 N–H and O–H groups in total. The fraction of sp³-hybridized carbons (Fsp3) is 0.421. The Hall–Kier alpha value is -1.32. The van der Waals surface area contributed by atoms with Crippen molar-refractivity contribution in [2.75, 3.05) is 0 Å². The lowest BCUT2D eigenvalue weighted by atomic mass is 9.99. The molecule has 116 valence electrons.